The van der Waals surface area contributed by atoms with Crippen molar-refractivity contribution in [1.29, 1.82) is 0 Å². The van der Waals surface area contributed by atoms with E-state index in [0.717, 1.165) is 48.8 Å². The normalized spacial score (nSPS) is 18.7. The fourth-order valence-corrected chi connectivity index (χ4v) is 4.96. The number of hydrogen-bond donors (Lipinski definition) is 1. The lowest BCUT2D eigenvalue weighted by Crippen LogP contribution is -2.41. The SMILES string of the molecule is Fc1ccc(CNC[C@@H]2CC[C@@H](c3ccc(Cl)cc3Cl)N(c3ccc(Cl)cc3)C2)cc1F. The highest BCUT2D eigenvalue weighted by Crippen LogP contribution is 2.40. The van der Waals surface area contributed by atoms with Crippen LogP contribution in [0.4, 0.5) is 14.5 Å². The lowest BCUT2D eigenvalue weighted by molar-refractivity contribution is 0.345. The highest BCUT2D eigenvalue weighted by molar-refractivity contribution is 6.35. The molecule has 4 rings (SSSR count). The third kappa shape index (κ3) is 5.55. The summed E-state index contributed by atoms with van der Waals surface area (Å²) in [4.78, 5) is 2.36. The van der Waals surface area contributed by atoms with Gasteiger partial charge in [-0.05, 0) is 85.0 Å². The van der Waals surface area contributed by atoms with Gasteiger partial charge in [-0.15, -0.1) is 0 Å². The smallest absolute Gasteiger partial charge is 0.159 e. The molecule has 168 valence electrons. The molecule has 0 saturated carbocycles. The number of piperidine rings is 1. The molecule has 1 fully saturated rings. The minimum absolute atomic E-state index is 0.128. The Labute approximate surface area is 202 Å². The molecule has 0 unspecified atom stereocenters. The van der Waals surface area contributed by atoms with Gasteiger partial charge in [0.2, 0.25) is 0 Å². The van der Waals surface area contributed by atoms with Crippen molar-refractivity contribution < 1.29 is 8.78 Å². The maximum Gasteiger partial charge on any atom is 0.159 e. The average Bonchev–Trinajstić information content (AvgIpc) is 2.77. The number of nitrogens with one attached hydrogen (secondary N) is 1. The van der Waals surface area contributed by atoms with Crippen molar-refractivity contribution in [2.24, 2.45) is 5.92 Å². The fraction of sp³-hybridized carbons (Fsp3) is 0.280. The number of hydrogen-bond acceptors (Lipinski definition) is 2. The Kier molecular flexibility index (Phi) is 7.57. The van der Waals surface area contributed by atoms with Gasteiger partial charge >= 0.3 is 0 Å². The second-order valence-corrected chi connectivity index (χ2v) is 9.41. The Morgan fingerprint density at radius 3 is 2.31 bits per heavy atom. The van der Waals surface area contributed by atoms with Crippen LogP contribution < -0.4 is 10.2 Å². The van der Waals surface area contributed by atoms with Crippen molar-refractivity contribution >= 4 is 40.5 Å². The van der Waals surface area contributed by atoms with E-state index >= 15 is 0 Å². The molecule has 0 radical (unpaired) electrons. The molecule has 1 aliphatic heterocycles. The van der Waals surface area contributed by atoms with Crippen LogP contribution in [0, 0.1) is 17.6 Å². The van der Waals surface area contributed by atoms with E-state index in [1.807, 2.05) is 36.4 Å². The van der Waals surface area contributed by atoms with E-state index in [-0.39, 0.29) is 6.04 Å². The van der Waals surface area contributed by atoms with E-state index in [2.05, 4.69) is 10.2 Å². The summed E-state index contributed by atoms with van der Waals surface area (Å²) in [7, 11) is 0. The molecule has 3 aromatic rings. The maximum absolute atomic E-state index is 13.5. The summed E-state index contributed by atoms with van der Waals surface area (Å²) in [5, 5.41) is 5.36. The second kappa shape index (κ2) is 10.4. The van der Waals surface area contributed by atoms with Gasteiger partial charge in [0.1, 0.15) is 0 Å². The molecule has 0 spiro atoms. The van der Waals surface area contributed by atoms with Gasteiger partial charge < -0.3 is 10.2 Å². The van der Waals surface area contributed by atoms with E-state index in [0.29, 0.717) is 27.5 Å². The average molecular weight is 496 g/mol. The summed E-state index contributed by atoms with van der Waals surface area (Å²) >= 11 is 18.8. The molecule has 1 saturated heterocycles. The Hall–Kier alpha value is -1.85. The van der Waals surface area contributed by atoms with Gasteiger partial charge in [0, 0.05) is 33.8 Å². The number of benzene rings is 3. The van der Waals surface area contributed by atoms with Gasteiger partial charge in [-0.2, -0.15) is 0 Å². The van der Waals surface area contributed by atoms with Crippen molar-refractivity contribution in [1.82, 2.24) is 5.32 Å². The number of rotatable bonds is 6. The summed E-state index contributed by atoms with van der Waals surface area (Å²) in [6.07, 6.45) is 1.94. The molecule has 1 aliphatic rings. The highest BCUT2D eigenvalue weighted by Gasteiger charge is 2.30. The summed E-state index contributed by atoms with van der Waals surface area (Å²) in [5.41, 5.74) is 2.86. The molecular formula is C25H23Cl3F2N2. The molecular weight excluding hydrogens is 473 g/mol. The standard InChI is InChI=1S/C25H23Cl3F2N2/c26-18-3-6-20(7-4-18)32-15-17(14-31-13-16-1-9-23(29)24(30)11-16)2-10-25(32)21-8-5-19(27)12-22(21)28/h1,3-9,11-12,17,25,31H,2,10,13-15H2/t17-,25-/m0/s1. The topological polar surface area (TPSA) is 15.3 Å². The zero-order valence-corrected chi connectivity index (χ0v) is 19.6. The van der Waals surface area contributed by atoms with Gasteiger partial charge in [-0.1, -0.05) is 46.9 Å². The second-order valence-electron chi connectivity index (χ2n) is 8.13. The van der Waals surface area contributed by atoms with Crippen LogP contribution in [0.5, 0.6) is 0 Å². The quantitative estimate of drug-likeness (QED) is 0.377. The number of halogens is 5. The Morgan fingerprint density at radius 1 is 0.844 bits per heavy atom. The molecule has 32 heavy (non-hydrogen) atoms. The predicted octanol–water partition coefficient (Wildman–Crippen LogP) is 7.67. The van der Waals surface area contributed by atoms with Crippen LogP contribution in [-0.4, -0.2) is 13.1 Å². The third-order valence-electron chi connectivity index (χ3n) is 5.91. The van der Waals surface area contributed by atoms with Crippen molar-refractivity contribution in [3.63, 3.8) is 0 Å². The molecule has 7 heteroatoms. The van der Waals surface area contributed by atoms with Crippen molar-refractivity contribution in [3.05, 3.63) is 98.5 Å². The first-order chi connectivity index (χ1) is 15.4. The van der Waals surface area contributed by atoms with Gasteiger partial charge in [0.05, 0.1) is 6.04 Å². The van der Waals surface area contributed by atoms with Gasteiger partial charge in [-0.3, -0.25) is 0 Å². The van der Waals surface area contributed by atoms with Crippen LogP contribution in [0.1, 0.15) is 30.0 Å². The molecule has 0 aliphatic carbocycles. The van der Waals surface area contributed by atoms with Crippen LogP contribution in [-0.2, 0) is 6.54 Å². The highest BCUT2D eigenvalue weighted by atomic mass is 35.5. The predicted molar refractivity (Wildman–Crippen MR) is 129 cm³/mol. The molecule has 1 heterocycles. The van der Waals surface area contributed by atoms with E-state index in [1.165, 1.54) is 6.07 Å². The van der Waals surface area contributed by atoms with Gasteiger partial charge in [0.25, 0.3) is 0 Å². The first-order valence-corrected chi connectivity index (χ1v) is 11.7. The molecule has 0 bridgehead atoms. The van der Waals surface area contributed by atoms with Crippen LogP contribution >= 0.6 is 34.8 Å². The first kappa shape index (κ1) is 23.3. The van der Waals surface area contributed by atoms with Crippen LogP contribution in [0.2, 0.25) is 15.1 Å². The number of anilines is 1. The monoisotopic (exact) mass is 494 g/mol. The Balaban J connectivity index is 1.48. The summed E-state index contributed by atoms with van der Waals surface area (Å²) in [6, 6.07) is 17.6. The van der Waals surface area contributed by atoms with Crippen molar-refractivity contribution in [2.45, 2.75) is 25.4 Å². The minimum atomic E-state index is -0.827. The largest absolute Gasteiger partial charge is 0.364 e. The fourth-order valence-electron chi connectivity index (χ4n) is 4.30. The van der Waals surface area contributed by atoms with Gasteiger partial charge in [0.15, 0.2) is 11.6 Å². The zero-order valence-electron chi connectivity index (χ0n) is 17.3. The molecule has 1 N–H and O–H groups in total. The maximum atomic E-state index is 13.5. The van der Waals surface area contributed by atoms with Crippen molar-refractivity contribution in [3.8, 4) is 0 Å². The van der Waals surface area contributed by atoms with E-state index < -0.39 is 11.6 Å². The molecule has 0 amide bonds. The first-order valence-electron chi connectivity index (χ1n) is 10.5. The van der Waals surface area contributed by atoms with E-state index in [4.69, 9.17) is 34.8 Å². The lowest BCUT2D eigenvalue weighted by Gasteiger charge is -2.42. The Morgan fingerprint density at radius 2 is 1.59 bits per heavy atom. The minimum Gasteiger partial charge on any atom is -0.364 e. The third-order valence-corrected chi connectivity index (χ3v) is 6.72. The van der Waals surface area contributed by atoms with E-state index in [1.54, 1.807) is 12.1 Å². The van der Waals surface area contributed by atoms with Crippen LogP contribution in [0.25, 0.3) is 0 Å². The molecule has 2 nitrogen and oxygen atoms in total. The molecule has 2 atom stereocenters. The Bertz CT molecular complexity index is 1080. The van der Waals surface area contributed by atoms with Gasteiger partial charge in [-0.25, -0.2) is 8.78 Å². The number of nitrogens with zero attached hydrogens (tertiary/aromatic N) is 1. The lowest BCUT2D eigenvalue weighted by atomic mass is 9.88. The molecule has 3 aromatic carbocycles. The van der Waals surface area contributed by atoms with E-state index in [9.17, 15) is 8.78 Å². The summed E-state index contributed by atoms with van der Waals surface area (Å²) < 4.78 is 26.6. The summed E-state index contributed by atoms with van der Waals surface area (Å²) in [6.45, 7) is 2.08. The summed E-state index contributed by atoms with van der Waals surface area (Å²) in [5.74, 6) is -1.26. The van der Waals surface area contributed by atoms with Crippen LogP contribution in [0.3, 0.4) is 0 Å². The zero-order chi connectivity index (χ0) is 22.7. The van der Waals surface area contributed by atoms with Crippen LogP contribution in [0.15, 0.2) is 60.7 Å². The molecule has 0 aromatic heterocycles. The van der Waals surface area contributed by atoms with Crippen molar-refractivity contribution in [2.75, 3.05) is 18.0 Å².